The van der Waals surface area contributed by atoms with Crippen LogP contribution in [0.3, 0.4) is 0 Å². The largest absolute Gasteiger partial charge is 0.378 e. The second kappa shape index (κ2) is 5.31. The van der Waals surface area contributed by atoms with E-state index in [9.17, 15) is 9.90 Å². The van der Waals surface area contributed by atoms with Gasteiger partial charge in [-0.05, 0) is 45.1 Å². The molecule has 0 aliphatic carbocycles. The van der Waals surface area contributed by atoms with Crippen LogP contribution in [0.2, 0.25) is 0 Å². The molecule has 0 aromatic heterocycles. The summed E-state index contributed by atoms with van der Waals surface area (Å²) in [5.41, 5.74) is 2.64. The third-order valence-electron chi connectivity index (χ3n) is 4.88. The fraction of sp³-hybridized carbons (Fsp3) is 0.562. The summed E-state index contributed by atoms with van der Waals surface area (Å²) in [5, 5.41) is 9.92. The molecular formula is C16H23N3O2. The Balaban J connectivity index is 1.83. The zero-order valence-electron chi connectivity index (χ0n) is 12.9. The number of aliphatic hydroxyl groups is 1. The van der Waals surface area contributed by atoms with Gasteiger partial charge in [0.25, 0.3) is 5.91 Å². The summed E-state index contributed by atoms with van der Waals surface area (Å²) in [4.78, 5) is 18.0. The van der Waals surface area contributed by atoms with Crippen molar-refractivity contribution in [1.82, 2.24) is 4.90 Å². The Morgan fingerprint density at radius 1 is 1.24 bits per heavy atom. The molecule has 5 heteroatoms. The van der Waals surface area contributed by atoms with Gasteiger partial charge in [-0.1, -0.05) is 6.07 Å². The first-order valence-electron chi connectivity index (χ1n) is 7.50. The van der Waals surface area contributed by atoms with Gasteiger partial charge in [-0.15, -0.1) is 0 Å². The van der Waals surface area contributed by atoms with Crippen molar-refractivity contribution >= 4 is 17.3 Å². The fourth-order valence-electron chi connectivity index (χ4n) is 3.30. The maximum Gasteiger partial charge on any atom is 0.260 e. The molecule has 1 amide bonds. The van der Waals surface area contributed by atoms with Crippen LogP contribution in [0.5, 0.6) is 0 Å². The van der Waals surface area contributed by atoms with Gasteiger partial charge in [0, 0.05) is 31.4 Å². The van der Waals surface area contributed by atoms with E-state index < -0.39 is 6.10 Å². The van der Waals surface area contributed by atoms with Gasteiger partial charge < -0.3 is 19.8 Å². The summed E-state index contributed by atoms with van der Waals surface area (Å²) in [6, 6.07) is 6.43. The molecule has 1 aromatic carbocycles. The number of nitrogens with zero attached hydrogens (tertiary/aromatic N) is 3. The van der Waals surface area contributed by atoms with Crippen molar-refractivity contribution in [3.63, 3.8) is 0 Å². The number of piperidine rings is 1. The summed E-state index contributed by atoms with van der Waals surface area (Å²) < 4.78 is 0. The highest BCUT2D eigenvalue weighted by Gasteiger charge is 2.34. The Morgan fingerprint density at radius 3 is 2.57 bits per heavy atom. The van der Waals surface area contributed by atoms with Crippen molar-refractivity contribution < 1.29 is 9.90 Å². The van der Waals surface area contributed by atoms with E-state index in [1.165, 1.54) is 0 Å². The number of benzene rings is 1. The molecule has 1 saturated heterocycles. The first kappa shape index (κ1) is 14.4. The Kier molecular flexibility index (Phi) is 3.63. The molecule has 2 aliphatic rings. The molecule has 0 bridgehead atoms. The molecule has 2 heterocycles. The molecule has 114 valence electrons. The van der Waals surface area contributed by atoms with Crippen molar-refractivity contribution in [3.05, 3.63) is 23.8 Å². The molecule has 0 spiro atoms. The van der Waals surface area contributed by atoms with Gasteiger partial charge >= 0.3 is 0 Å². The number of rotatable bonds is 2. The Morgan fingerprint density at radius 2 is 1.90 bits per heavy atom. The van der Waals surface area contributed by atoms with E-state index >= 15 is 0 Å². The number of amides is 1. The number of hydrogen-bond acceptors (Lipinski definition) is 4. The number of anilines is 2. The molecular weight excluding hydrogens is 266 g/mol. The summed E-state index contributed by atoms with van der Waals surface area (Å²) in [5.74, 6) is -0.246. The minimum atomic E-state index is -1.01. The highest BCUT2D eigenvalue weighted by molar-refractivity contribution is 6.03. The molecule has 1 N–H and O–H groups in total. The van der Waals surface area contributed by atoms with Crippen LogP contribution in [0.4, 0.5) is 11.4 Å². The van der Waals surface area contributed by atoms with E-state index in [1.54, 1.807) is 11.9 Å². The Bertz CT molecular complexity index is 552. The van der Waals surface area contributed by atoms with Gasteiger partial charge in [0.2, 0.25) is 0 Å². The first-order chi connectivity index (χ1) is 9.99. The molecule has 0 saturated carbocycles. The highest BCUT2D eigenvalue weighted by atomic mass is 16.3. The lowest BCUT2D eigenvalue weighted by molar-refractivity contribution is -0.125. The molecule has 1 fully saturated rings. The molecule has 1 atom stereocenters. The predicted octanol–water partition coefficient (Wildman–Crippen LogP) is 1.23. The van der Waals surface area contributed by atoms with Crippen molar-refractivity contribution in [3.8, 4) is 0 Å². The second-order valence-electron chi connectivity index (χ2n) is 6.19. The van der Waals surface area contributed by atoms with E-state index in [2.05, 4.69) is 23.9 Å². The molecule has 3 rings (SSSR count). The van der Waals surface area contributed by atoms with Crippen LogP contribution in [0.15, 0.2) is 18.2 Å². The van der Waals surface area contributed by atoms with E-state index in [0.29, 0.717) is 11.6 Å². The van der Waals surface area contributed by atoms with Crippen molar-refractivity contribution in [2.45, 2.75) is 25.0 Å². The zero-order chi connectivity index (χ0) is 15.1. The summed E-state index contributed by atoms with van der Waals surface area (Å²) in [6.45, 7) is 2.24. The van der Waals surface area contributed by atoms with Gasteiger partial charge in [-0.3, -0.25) is 4.79 Å². The topological polar surface area (TPSA) is 47.0 Å². The first-order valence-corrected chi connectivity index (χ1v) is 7.50. The number of carbonyl (C=O) groups is 1. The maximum absolute atomic E-state index is 11.8. The Hall–Kier alpha value is -1.59. The zero-order valence-corrected chi connectivity index (χ0v) is 12.9. The lowest BCUT2D eigenvalue weighted by Gasteiger charge is -2.36. The number of aliphatic hydroxyl groups excluding tert-OH is 1. The normalized spacial score (nSPS) is 23.5. The van der Waals surface area contributed by atoms with E-state index in [4.69, 9.17) is 0 Å². The molecule has 21 heavy (non-hydrogen) atoms. The number of hydrogen-bond donors (Lipinski definition) is 1. The van der Waals surface area contributed by atoms with Gasteiger partial charge in [0.05, 0.1) is 5.69 Å². The lowest BCUT2D eigenvalue weighted by atomic mass is 10.0. The summed E-state index contributed by atoms with van der Waals surface area (Å²) >= 11 is 0. The van der Waals surface area contributed by atoms with E-state index in [-0.39, 0.29) is 5.91 Å². The van der Waals surface area contributed by atoms with Crippen molar-refractivity contribution in [2.75, 3.05) is 44.0 Å². The van der Waals surface area contributed by atoms with Crippen LogP contribution in [0.1, 0.15) is 24.5 Å². The third kappa shape index (κ3) is 2.40. The molecule has 1 unspecified atom stereocenters. The number of likely N-dealkylation sites (N-methyl/N-ethyl adjacent to an activating group) is 1. The van der Waals surface area contributed by atoms with Crippen molar-refractivity contribution in [1.29, 1.82) is 0 Å². The minimum absolute atomic E-state index is 0.246. The fourth-order valence-corrected chi connectivity index (χ4v) is 3.30. The number of carbonyl (C=O) groups excluding carboxylic acids is 1. The van der Waals surface area contributed by atoms with Crippen LogP contribution in [0, 0.1) is 0 Å². The molecule has 0 radical (unpaired) electrons. The second-order valence-corrected chi connectivity index (χ2v) is 6.19. The smallest absolute Gasteiger partial charge is 0.260 e. The standard InChI is InChI=1S/C16H23N3O2/c1-17-8-6-11(7-9-17)18(2)12-4-5-13-14(10-12)19(3)16(21)15(13)20/h4-5,10-11,15,20H,6-9H2,1-3H3. The van der Waals surface area contributed by atoms with Crippen molar-refractivity contribution in [2.24, 2.45) is 0 Å². The average molecular weight is 289 g/mol. The predicted molar refractivity (Wildman–Crippen MR) is 83.7 cm³/mol. The van der Waals surface area contributed by atoms with Crippen LogP contribution >= 0.6 is 0 Å². The average Bonchev–Trinajstić information content (AvgIpc) is 2.72. The van der Waals surface area contributed by atoms with Crippen LogP contribution in [-0.2, 0) is 4.79 Å². The number of fused-ring (bicyclic) bond motifs is 1. The van der Waals surface area contributed by atoms with Gasteiger partial charge in [0.1, 0.15) is 0 Å². The third-order valence-corrected chi connectivity index (χ3v) is 4.88. The van der Waals surface area contributed by atoms with E-state index in [1.807, 2.05) is 18.2 Å². The number of likely N-dealkylation sites (tertiary alicyclic amines) is 1. The highest BCUT2D eigenvalue weighted by Crippen LogP contribution is 2.37. The van der Waals surface area contributed by atoms with Gasteiger partial charge in [0.15, 0.2) is 6.10 Å². The van der Waals surface area contributed by atoms with Crippen LogP contribution in [-0.4, -0.2) is 56.2 Å². The summed E-state index contributed by atoms with van der Waals surface area (Å²) in [7, 11) is 6.00. The van der Waals surface area contributed by atoms with E-state index in [0.717, 1.165) is 37.3 Å². The van der Waals surface area contributed by atoms with Crippen LogP contribution in [0.25, 0.3) is 0 Å². The minimum Gasteiger partial charge on any atom is -0.378 e. The summed E-state index contributed by atoms with van der Waals surface area (Å²) in [6.07, 6.45) is 1.30. The SMILES string of the molecule is CN1CCC(N(C)c2ccc3c(c2)N(C)C(=O)C3O)CC1. The van der Waals surface area contributed by atoms with Crippen LogP contribution < -0.4 is 9.80 Å². The molecule has 2 aliphatic heterocycles. The lowest BCUT2D eigenvalue weighted by Crippen LogP contribution is -2.42. The quantitative estimate of drug-likeness (QED) is 0.889. The molecule has 1 aromatic rings. The maximum atomic E-state index is 11.8. The van der Waals surface area contributed by atoms with Gasteiger partial charge in [-0.25, -0.2) is 0 Å². The monoisotopic (exact) mass is 289 g/mol. The molecule has 5 nitrogen and oxygen atoms in total. The Labute approximate surface area is 125 Å². The van der Waals surface area contributed by atoms with Gasteiger partial charge in [-0.2, -0.15) is 0 Å².